The number of carbonyl (C=O) groups excluding carboxylic acids is 1. The van der Waals surface area contributed by atoms with Crippen molar-refractivity contribution < 1.29 is 22.7 Å². The van der Waals surface area contributed by atoms with Crippen LogP contribution in [0.4, 0.5) is 13.2 Å². The molecule has 0 spiro atoms. The molecule has 0 saturated heterocycles. The van der Waals surface area contributed by atoms with Crippen molar-refractivity contribution in [3.63, 3.8) is 0 Å². The quantitative estimate of drug-likeness (QED) is 0.797. The number of alkyl halides is 3. The Kier molecular flexibility index (Phi) is 3.61. The van der Waals surface area contributed by atoms with Crippen molar-refractivity contribution in [3.8, 4) is 5.75 Å². The molecule has 0 aliphatic heterocycles. The molecule has 1 aromatic carbocycles. The van der Waals surface area contributed by atoms with Crippen molar-refractivity contribution in [2.24, 2.45) is 0 Å². The number of halogens is 3. The molecular formula is C13H9F3O2S. The van der Waals surface area contributed by atoms with E-state index >= 15 is 0 Å². The first kappa shape index (κ1) is 13.6. The molecule has 6 heteroatoms. The lowest BCUT2D eigenvalue weighted by molar-refractivity contribution is -0.137. The van der Waals surface area contributed by atoms with Crippen LogP contribution >= 0.6 is 11.3 Å². The zero-order chi connectivity index (χ0) is 14.0. The fourth-order valence-electron chi connectivity index (χ4n) is 1.67. The van der Waals surface area contributed by atoms with Gasteiger partial charge in [-0.15, -0.1) is 11.3 Å². The molecule has 0 aliphatic carbocycles. The molecule has 2 nitrogen and oxygen atoms in total. The fourth-order valence-corrected chi connectivity index (χ4v) is 2.49. The lowest BCUT2D eigenvalue weighted by Gasteiger charge is -2.11. The Morgan fingerprint density at radius 1 is 1.21 bits per heavy atom. The summed E-state index contributed by atoms with van der Waals surface area (Å²) in [5.41, 5.74) is -1.30. The maximum atomic E-state index is 12.9. The zero-order valence-corrected chi connectivity index (χ0v) is 10.6. The van der Waals surface area contributed by atoms with Crippen LogP contribution in [-0.2, 0) is 6.18 Å². The third-order valence-corrected chi connectivity index (χ3v) is 3.43. The Hall–Kier alpha value is -1.82. The summed E-state index contributed by atoms with van der Waals surface area (Å²) < 4.78 is 43.5. The summed E-state index contributed by atoms with van der Waals surface area (Å²) >= 11 is 1.05. The van der Waals surface area contributed by atoms with Gasteiger partial charge in [-0.25, -0.2) is 0 Å². The number of carbonyl (C=O) groups is 1. The third kappa shape index (κ3) is 2.63. The topological polar surface area (TPSA) is 26.3 Å². The van der Waals surface area contributed by atoms with Crippen molar-refractivity contribution in [2.75, 3.05) is 7.11 Å². The molecule has 1 heterocycles. The molecule has 0 amide bonds. The lowest BCUT2D eigenvalue weighted by atomic mass is 10.0. The van der Waals surface area contributed by atoms with Gasteiger partial charge in [0.25, 0.3) is 0 Å². The molecule has 100 valence electrons. The molecule has 0 fully saturated rings. The van der Waals surface area contributed by atoms with Crippen molar-refractivity contribution in [2.45, 2.75) is 6.18 Å². The number of methoxy groups -OCH3 is 1. The van der Waals surface area contributed by atoms with Gasteiger partial charge in [-0.2, -0.15) is 13.2 Å². The third-order valence-electron chi connectivity index (χ3n) is 2.53. The van der Waals surface area contributed by atoms with Crippen LogP contribution < -0.4 is 4.74 Å². The van der Waals surface area contributed by atoms with Gasteiger partial charge in [0.05, 0.1) is 12.7 Å². The van der Waals surface area contributed by atoms with E-state index in [0.717, 1.165) is 17.4 Å². The number of ketones is 1. The minimum absolute atomic E-state index is 0.166. The molecule has 0 N–H and O–H groups in total. The maximum absolute atomic E-state index is 12.9. The lowest BCUT2D eigenvalue weighted by Crippen LogP contribution is -2.13. The van der Waals surface area contributed by atoms with Gasteiger partial charge in [0.2, 0.25) is 5.78 Å². The molecule has 0 atom stereocenters. The summed E-state index contributed by atoms with van der Waals surface area (Å²) in [4.78, 5) is 12.4. The standard InChI is InChI=1S/C13H9F3O2S/c1-18-10-6-7-19-12(10)11(17)8-4-2-3-5-9(8)13(14,15)16/h2-7H,1H3. The summed E-state index contributed by atoms with van der Waals surface area (Å²) in [6, 6.07) is 6.28. The van der Waals surface area contributed by atoms with Crippen molar-refractivity contribution in [1.29, 1.82) is 0 Å². The van der Waals surface area contributed by atoms with Gasteiger partial charge in [-0.05, 0) is 17.5 Å². The van der Waals surface area contributed by atoms with Gasteiger partial charge in [0.15, 0.2) is 0 Å². The van der Waals surface area contributed by atoms with Crippen LogP contribution in [0.1, 0.15) is 20.8 Å². The van der Waals surface area contributed by atoms with Gasteiger partial charge >= 0.3 is 6.18 Å². The van der Waals surface area contributed by atoms with Gasteiger partial charge in [0.1, 0.15) is 10.6 Å². The summed E-state index contributed by atoms with van der Waals surface area (Å²) in [6.07, 6.45) is -4.56. The highest BCUT2D eigenvalue weighted by Crippen LogP contribution is 2.35. The minimum atomic E-state index is -4.56. The van der Waals surface area contributed by atoms with Crippen LogP contribution in [0, 0.1) is 0 Å². The second-order valence-electron chi connectivity index (χ2n) is 3.69. The molecule has 0 radical (unpaired) electrons. The summed E-state index contributed by atoms with van der Waals surface area (Å²) in [5.74, 6) is -0.397. The van der Waals surface area contributed by atoms with E-state index in [1.807, 2.05) is 0 Å². The summed E-state index contributed by atoms with van der Waals surface area (Å²) in [6.45, 7) is 0. The Labute approximate surface area is 111 Å². The Bertz CT molecular complexity index is 602. The van der Waals surface area contributed by atoms with Crippen LogP contribution in [0.25, 0.3) is 0 Å². The van der Waals surface area contributed by atoms with Crippen molar-refractivity contribution >= 4 is 17.1 Å². The predicted octanol–water partition coefficient (Wildman–Crippen LogP) is 4.01. The SMILES string of the molecule is COc1ccsc1C(=O)c1ccccc1C(F)(F)F. The van der Waals surface area contributed by atoms with E-state index in [0.29, 0.717) is 0 Å². The van der Waals surface area contributed by atoms with Crippen LogP contribution in [0.2, 0.25) is 0 Å². The average molecular weight is 286 g/mol. The highest BCUT2D eigenvalue weighted by Gasteiger charge is 2.35. The van der Waals surface area contributed by atoms with E-state index in [1.165, 1.54) is 25.3 Å². The van der Waals surface area contributed by atoms with E-state index in [2.05, 4.69) is 0 Å². The van der Waals surface area contributed by atoms with E-state index in [-0.39, 0.29) is 16.2 Å². The number of hydrogen-bond acceptors (Lipinski definition) is 3. The number of hydrogen-bond donors (Lipinski definition) is 0. The molecule has 0 bridgehead atoms. The molecule has 1 aromatic heterocycles. The number of benzene rings is 1. The zero-order valence-electron chi connectivity index (χ0n) is 9.82. The van der Waals surface area contributed by atoms with E-state index in [9.17, 15) is 18.0 Å². The monoisotopic (exact) mass is 286 g/mol. The van der Waals surface area contributed by atoms with Gasteiger partial charge < -0.3 is 4.74 Å². The van der Waals surface area contributed by atoms with Crippen LogP contribution in [0.15, 0.2) is 35.7 Å². The largest absolute Gasteiger partial charge is 0.495 e. The summed E-state index contributed by atoms with van der Waals surface area (Å²) in [5, 5.41) is 1.60. The van der Waals surface area contributed by atoms with Crippen LogP contribution in [0.5, 0.6) is 5.75 Å². The molecule has 2 rings (SSSR count). The van der Waals surface area contributed by atoms with Gasteiger partial charge in [-0.1, -0.05) is 18.2 Å². The van der Waals surface area contributed by atoms with Crippen LogP contribution in [0.3, 0.4) is 0 Å². The first-order chi connectivity index (χ1) is 8.95. The fraction of sp³-hybridized carbons (Fsp3) is 0.154. The first-order valence-corrected chi connectivity index (χ1v) is 6.15. The number of ether oxygens (including phenoxy) is 1. The summed E-state index contributed by atoms with van der Waals surface area (Å²) in [7, 11) is 1.37. The molecule has 0 saturated carbocycles. The minimum Gasteiger partial charge on any atom is -0.495 e. The Morgan fingerprint density at radius 2 is 1.89 bits per heavy atom. The smallest absolute Gasteiger partial charge is 0.417 e. The number of rotatable bonds is 3. The number of thiophene rings is 1. The molecule has 19 heavy (non-hydrogen) atoms. The van der Waals surface area contributed by atoms with Crippen molar-refractivity contribution in [3.05, 3.63) is 51.7 Å². The predicted molar refractivity (Wildman–Crippen MR) is 65.7 cm³/mol. The van der Waals surface area contributed by atoms with E-state index < -0.39 is 17.5 Å². The molecule has 0 aliphatic rings. The van der Waals surface area contributed by atoms with E-state index in [4.69, 9.17) is 4.74 Å². The van der Waals surface area contributed by atoms with Crippen LogP contribution in [-0.4, -0.2) is 12.9 Å². The van der Waals surface area contributed by atoms with Gasteiger partial charge in [0, 0.05) is 5.56 Å². The molecule has 0 unspecified atom stereocenters. The van der Waals surface area contributed by atoms with E-state index in [1.54, 1.807) is 11.4 Å². The molecule has 2 aromatic rings. The van der Waals surface area contributed by atoms with Crippen molar-refractivity contribution in [1.82, 2.24) is 0 Å². The highest BCUT2D eigenvalue weighted by atomic mass is 32.1. The van der Waals surface area contributed by atoms with Gasteiger partial charge in [-0.3, -0.25) is 4.79 Å². The first-order valence-electron chi connectivity index (χ1n) is 5.27. The second-order valence-corrected chi connectivity index (χ2v) is 4.61. The highest BCUT2D eigenvalue weighted by molar-refractivity contribution is 7.12. The Balaban J connectivity index is 2.51. The Morgan fingerprint density at radius 3 is 2.53 bits per heavy atom. The molecular weight excluding hydrogens is 277 g/mol. The normalized spacial score (nSPS) is 11.4. The maximum Gasteiger partial charge on any atom is 0.417 e. The average Bonchev–Trinajstić information content (AvgIpc) is 2.85. The second kappa shape index (κ2) is 5.05.